The van der Waals surface area contributed by atoms with E-state index in [1.807, 2.05) is 91.9 Å². The molecule has 0 unspecified atom stereocenters. The molecule has 0 fully saturated rings. The average Bonchev–Trinajstić information content (AvgIpc) is 2.76. The van der Waals surface area contributed by atoms with Crippen LogP contribution in [0.4, 0.5) is 0 Å². The quantitative estimate of drug-likeness (QED) is 0.530. The van der Waals surface area contributed by atoms with Crippen LogP contribution >= 0.6 is 0 Å². The predicted molar refractivity (Wildman–Crippen MR) is 114 cm³/mol. The molecule has 4 aromatic rings. The van der Waals surface area contributed by atoms with Crippen LogP contribution in [0.3, 0.4) is 0 Å². The molecule has 29 heavy (non-hydrogen) atoms. The Morgan fingerprint density at radius 1 is 0.724 bits per heavy atom. The Morgan fingerprint density at radius 2 is 1.31 bits per heavy atom. The highest BCUT2D eigenvalue weighted by molar-refractivity contribution is 5.57. The van der Waals surface area contributed by atoms with E-state index in [2.05, 4.69) is 5.10 Å². The Morgan fingerprint density at radius 3 is 1.97 bits per heavy atom. The summed E-state index contributed by atoms with van der Waals surface area (Å²) in [6, 6.07) is 26.7. The standard InChI is InChI=1S/C24H21N3O2/c1-18-12-14-20(15-13-18)17-27-24(29)26(16-19-8-4-2-5-9-19)23(28)22(25-27)21-10-6-3-7-11-21/h2-15H,16-17H2,1H3. The van der Waals surface area contributed by atoms with E-state index in [-0.39, 0.29) is 17.8 Å². The molecule has 0 spiro atoms. The molecule has 0 N–H and O–H groups in total. The van der Waals surface area contributed by atoms with Crippen molar-refractivity contribution in [1.82, 2.24) is 14.3 Å². The van der Waals surface area contributed by atoms with Crippen molar-refractivity contribution in [3.63, 3.8) is 0 Å². The van der Waals surface area contributed by atoms with Crippen molar-refractivity contribution in [2.24, 2.45) is 0 Å². The zero-order valence-corrected chi connectivity index (χ0v) is 16.2. The summed E-state index contributed by atoms with van der Waals surface area (Å²) in [5.74, 6) is 0. The highest BCUT2D eigenvalue weighted by Gasteiger charge is 2.15. The van der Waals surface area contributed by atoms with Crippen LogP contribution in [0.1, 0.15) is 16.7 Å². The molecule has 1 aromatic heterocycles. The van der Waals surface area contributed by atoms with E-state index < -0.39 is 5.69 Å². The molecule has 0 saturated heterocycles. The Hall–Kier alpha value is -3.73. The van der Waals surface area contributed by atoms with Gasteiger partial charge in [-0.05, 0) is 18.1 Å². The van der Waals surface area contributed by atoms with Crippen molar-refractivity contribution < 1.29 is 0 Å². The van der Waals surface area contributed by atoms with Crippen LogP contribution in [-0.4, -0.2) is 14.3 Å². The maximum absolute atomic E-state index is 13.1. The van der Waals surface area contributed by atoms with E-state index in [1.165, 1.54) is 9.25 Å². The molecular formula is C24H21N3O2. The fourth-order valence-electron chi connectivity index (χ4n) is 3.21. The molecule has 5 nitrogen and oxygen atoms in total. The molecule has 0 aliphatic heterocycles. The Balaban J connectivity index is 1.86. The average molecular weight is 383 g/mol. The van der Waals surface area contributed by atoms with Gasteiger partial charge in [-0.15, -0.1) is 0 Å². The Bertz CT molecular complexity index is 1230. The molecule has 0 aliphatic carbocycles. The van der Waals surface area contributed by atoms with Gasteiger partial charge in [0.05, 0.1) is 13.1 Å². The minimum atomic E-state index is -0.417. The summed E-state index contributed by atoms with van der Waals surface area (Å²) >= 11 is 0. The van der Waals surface area contributed by atoms with Crippen LogP contribution in [0, 0.1) is 6.92 Å². The first-order valence-corrected chi connectivity index (χ1v) is 9.48. The highest BCUT2D eigenvalue weighted by atomic mass is 16.2. The molecular weight excluding hydrogens is 362 g/mol. The van der Waals surface area contributed by atoms with Crippen molar-refractivity contribution in [3.8, 4) is 11.3 Å². The topological polar surface area (TPSA) is 56.9 Å². The molecule has 0 atom stereocenters. The lowest BCUT2D eigenvalue weighted by Gasteiger charge is -2.12. The number of aryl methyl sites for hydroxylation is 1. The minimum Gasteiger partial charge on any atom is -0.267 e. The summed E-state index contributed by atoms with van der Waals surface area (Å²) in [5.41, 5.74) is 3.15. The molecule has 1 heterocycles. The number of hydrogen-bond donors (Lipinski definition) is 0. The second-order valence-electron chi connectivity index (χ2n) is 7.02. The lowest BCUT2D eigenvalue weighted by atomic mass is 10.1. The summed E-state index contributed by atoms with van der Waals surface area (Å²) in [4.78, 5) is 26.2. The summed E-state index contributed by atoms with van der Waals surface area (Å²) in [6.07, 6.45) is 0. The van der Waals surface area contributed by atoms with E-state index in [1.54, 1.807) is 0 Å². The predicted octanol–water partition coefficient (Wildman–Crippen LogP) is 3.48. The summed E-state index contributed by atoms with van der Waals surface area (Å²) in [5, 5.41) is 4.43. The van der Waals surface area contributed by atoms with Crippen LogP contribution < -0.4 is 11.2 Å². The van der Waals surface area contributed by atoms with E-state index in [9.17, 15) is 9.59 Å². The second kappa shape index (κ2) is 8.10. The van der Waals surface area contributed by atoms with Crippen molar-refractivity contribution in [2.75, 3.05) is 0 Å². The van der Waals surface area contributed by atoms with Gasteiger partial charge < -0.3 is 0 Å². The summed E-state index contributed by atoms with van der Waals surface area (Å²) in [7, 11) is 0. The maximum atomic E-state index is 13.1. The van der Waals surface area contributed by atoms with Crippen LogP contribution in [0.25, 0.3) is 11.3 Å². The van der Waals surface area contributed by atoms with Gasteiger partial charge in [0.2, 0.25) is 0 Å². The smallest absolute Gasteiger partial charge is 0.267 e. The highest BCUT2D eigenvalue weighted by Crippen LogP contribution is 2.12. The van der Waals surface area contributed by atoms with Crippen molar-refractivity contribution >= 4 is 0 Å². The third kappa shape index (κ3) is 4.09. The second-order valence-corrected chi connectivity index (χ2v) is 7.02. The van der Waals surface area contributed by atoms with E-state index >= 15 is 0 Å². The summed E-state index contributed by atoms with van der Waals surface area (Å²) < 4.78 is 2.64. The Kier molecular flexibility index (Phi) is 5.20. The summed E-state index contributed by atoms with van der Waals surface area (Å²) in [6.45, 7) is 2.52. The van der Waals surface area contributed by atoms with Gasteiger partial charge in [0, 0.05) is 5.56 Å². The number of aromatic nitrogens is 3. The van der Waals surface area contributed by atoms with E-state index in [0.29, 0.717) is 12.1 Å². The molecule has 0 bridgehead atoms. The molecule has 5 heteroatoms. The van der Waals surface area contributed by atoms with Crippen molar-refractivity contribution in [2.45, 2.75) is 20.0 Å². The van der Waals surface area contributed by atoms with Gasteiger partial charge in [-0.3, -0.25) is 9.36 Å². The number of rotatable bonds is 5. The fourth-order valence-corrected chi connectivity index (χ4v) is 3.21. The lowest BCUT2D eigenvalue weighted by Crippen LogP contribution is -2.42. The largest absolute Gasteiger partial charge is 0.348 e. The number of nitrogens with zero attached hydrogens (tertiary/aromatic N) is 3. The van der Waals surface area contributed by atoms with Crippen molar-refractivity contribution in [1.29, 1.82) is 0 Å². The number of benzene rings is 3. The Labute approximate surface area is 168 Å². The SMILES string of the molecule is Cc1ccc(Cn2nc(-c3ccccc3)c(=O)n(Cc3ccccc3)c2=O)cc1. The molecule has 4 rings (SSSR count). The van der Waals surface area contributed by atoms with Gasteiger partial charge in [0.25, 0.3) is 5.56 Å². The molecule has 0 aliphatic rings. The zero-order chi connectivity index (χ0) is 20.2. The monoisotopic (exact) mass is 383 g/mol. The fraction of sp³-hybridized carbons (Fsp3) is 0.125. The third-order valence-corrected chi connectivity index (χ3v) is 4.80. The lowest BCUT2D eigenvalue weighted by molar-refractivity contribution is 0.546. The molecule has 144 valence electrons. The van der Waals surface area contributed by atoms with E-state index in [0.717, 1.165) is 16.7 Å². The van der Waals surface area contributed by atoms with Crippen molar-refractivity contribution in [3.05, 3.63) is 122 Å². The van der Waals surface area contributed by atoms with Crippen LogP contribution in [0.2, 0.25) is 0 Å². The first kappa shape index (κ1) is 18.6. The third-order valence-electron chi connectivity index (χ3n) is 4.80. The van der Waals surface area contributed by atoms with Crippen LogP contribution in [0.15, 0.2) is 94.5 Å². The molecule has 3 aromatic carbocycles. The van der Waals surface area contributed by atoms with Gasteiger partial charge in [0.15, 0.2) is 5.69 Å². The van der Waals surface area contributed by atoms with Crippen LogP contribution in [0.5, 0.6) is 0 Å². The van der Waals surface area contributed by atoms with Gasteiger partial charge in [-0.1, -0.05) is 90.5 Å². The van der Waals surface area contributed by atoms with Gasteiger partial charge in [0.1, 0.15) is 0 Å². The normalized spacial score (nSPS) is 10.8. The van der Waals surface area contributed by atoms with Gasteiger partial charge in [-0.25, -0.2) is 9.48 Å². The van der Waals surface area contributed by atoms with E-state index in [4.69, 9.17) is 0 Å². The number of hydrogen-bond acceptors (Lipinski definition) is 3. The first-order valence-electron chi connectivity index (χ1n) is 9.48. The maximum Gasteiger partial charge on any atom is 0.348 e. The molecule has 0 amide bonds. The van der Waals surface area contributed by atoms with Gasteiger partial charge in [-0.2, -0.15) is 5.10 Å². The first-order chi connectivity index (χ1) is 14.1. The molecule has 0 saturated carbocycles. The van der Waals surface area contributed by atoms with Crippen LogP contribution in [-0.2, 0) is 13.1 Å². The van der Waals surface area contributed by atoms with Gasteiger partial charge >= 0.3 is 5.69 Å². The zero-order valence-electron chi connectivity index (χ0n) is 16.2. The molecule has 0 radical (unpaired) electrons. The minimum absolute atomic E-state index is 0.203.